The Bertz CT molecular complexity index is 118. The van der Waals surface area contributed by atoms with Crippen molar-refractivity contribution in [3.8, 4) is 0 Å². The van der Waals surface area contributed by atoms with E-state index in [1.165, 1.54) is 19.3 Å². The number of ether oxygens (including phenoxy) is 1. The molecular formula is C12H27NO. The number of hydrogen-bond acceptors (Lipinski definition) is 2. The van der Waals surface area contributed by atoms with Gasteiger partial charge in [-0.25, -0.2) is 0 Å². The van der Waals surface area contributed by atoms with Crippen LogP contribution < -0.4 is 5.32 Å². The van der Waals surface area contributed by atoms with Crippen LogP contribution in [0.1, 0.15) is 47.0 Å². The molecule has 0 aliphatic carbocycles. The molecule has 0 bridgehead atoms. The lowest BCUT2D eigenvalue weighted by molar-refractivity contribution is 0.132. The van der Waals surface area contributed by atoms with Crippen LogP contribution >= 0.6 is 0 Å². The van der Waals surface area contributed by atoms with Crippen LogP contribution in [-0.2, 0) is 4.74 Å². The molecule has 2 heteroatoms. The molecule has 1 N–H and O–H groups in total. The fourth-order valence-electron chi connectivity index (χ4n) is 1.08. The second-order valence-electron chi connectivity index (χ2n) is 5.03. The molecule has 0 fully saturated rings. The van der Waals surface area contributed by atoms with E-state index in [0.717, 1.165) is 26.3 Å². The third kappa shape index (κ3) is 11.9. The average molecular weight is 201 g/mol. The molecule has 0 aliphatic rings. The van der Waals surface area contributed by atoms with Crippen LogP contribution in [0.5, 0.6) is 0 Å². The molecule has 0 amide bonds. The van der Waals surface area contributed by atoms with Crippen LogP contribution in [0.25, 0.3) is 0 Å². The van der Waals surface area contributed by atoms with E-state index < -0.39 is 0 Å². The maximum absolute atomic E-state index is 5.44. The van der Waals surface area contributed by atoms with Crippen molar-refractivity contribution in [2.45, 2.75) is 47.0 Å². The van der Waals surface area contributed by atoms with Gasteiger partial charge in [-0.15, -0.1) is 0 Å². The van der Waals surface area contributed by atoms with Crippen molar-refractivity contribution in [1.82, 2.24) is 5.32 Å². The molecule has 14 heavy (non-hydrogen) atoms. The number of nitrogens with one attached hydrogen (secondary N) is 1. The Labute approximate surface area is 89.4 Å². The molecule has 0 radical (unpaired) electrons. The molecule has 0 rings (SSSR count). The first-order valence-corrected chi connectivity index (χ1v) is 5.85. The molecule has 0 atom stereocenters. The highest BCUT2D eigenvalue weighted by Gasteiger charge is 2.08. The SMILES string of the molecule is CCCCOCCNCCC(C)(C)C. The molecule has 0 aromatic heterocycles. The summed E-state index contributed by atoms with van der Waals surface area (Å²) in [6, 6.07) is 0. The van der Waals surface area contributed by atoms with Crippen molar-refractivity contribution in [2.24, 2.45) is 5.41 Å². The number of hydrogen-bond donors (Lipinski definition) is 1. The van der Waals surface area contributed by atoms with Gasteiger partial charge < -0.3 is 10.1 Å². The Hall–Kier alpha value is -0.0800. The van der Waals surface area contributed by atoms with Gasteiger partial charge in [0.05, 0.1) is 6.61 Å². The quantitative estimate of drug-likeness (QED) is 0.610. The fourth-order valence-corrected chi connectivity index (χ4v) is 1.08. The zero-order valence-electron chi connectivity index (χ0n) is 10.4. The molecule has 0 heterocycles. The summed E-state index contributed by atoms with van der Waals surface area (Å²) < 4.78 is 5.44. The van der Waals surface area contributed by atoms with Gasteiger partial charge in [0, 0.05) is 13.2 Å². The Kier molecular flexibility index (Phi) is 8.20. The van der Waals surface area contributed by atoms with Crippen LogP contribution in [0.2, 0.25) is 0 Å². The third-order valence-corrected chi connectivity index (χ3v) is 2.12. The second-order valence-corrected chi connectivity index (χ2v) is 5.03. The van der Waals surface area contributed by atoms with Crippen molar-refractivity contribution >= 4 is 0 Å². The Morgan fingerprint density at radius 3 is 2.36 bits per heavy atom. The molecule has 0 saturated carbocycles. The summed E-state index contributed by atoms with van der Waals surface area (Å²) in [5.74, 6) is 0. The van der Waals surface area contributed by atoms with E-state index in [1.54, 1.807) is 0 Å². The van der Waals surface area contributed by atoms with Crippen LogP contribution in [0, 0.1) is 5.41 Å². The second kappa shape index (κ2) is 8.25. The van der Waals surface area contributed by atoms with Crippen molar-refractivity contribution in [1.29, 1.82) is 0 Å². The van der Waals surface area contributed by atoms with Gasteiger partial charge in [0.15, 0.2) is 0 Å². The molecule has 0 aromatic carbocycles. The van der Waals surface area contributed by atoms with Crippen molar-refractivity contribution in [2.75, 3.05) is 26.3 Å². The van der Waals surface area contributed by atoms with Crippen LogP contribution in [-0.4, -0.2) is 26.3 Å². The van der Waals surface area contributed by atoms with Gasteiger partial charge in [0.25, 0.3) is 0 Å². The summed E-state index contributed by atoms with van der Waals surface area (Å²) in [7, 11) is 0. The minimum atomic E-state index is 0.441. The van der Waals surface area contributed by atoms with Gasteiger partial charge in [0.2, 0.25) is 0 Å². The molecule has 86 valence electrons. The molecule has 0 unspecified atom stereocenters. The normalized spacial score (nSPS) is 12.0. The van der Waals surface area contributed by atoms with Gasteiger partial charge >= 0.3 is 0 Å². The molecule has 0 aliphatic heterocycles. The minimum Gasteiger partial charge on any atom is -0.380 e. The highest BCUT2D eigenvalue weighted by Crippen LogP contribution is 2.16. The smallest absolute Gasteiger partial charge is 0.0590 e. The monoisotopic (exact) mass is 201 g/mol. The van der Waals surface area contributed by atoms with Gasteiger partial charge in [-0.05, 0) is 24.8 Å². The minimum absolute atomic E-state index is 0.441. The lowest BCUT2D eigenvalue weighted by Gasteiger charge is -2.17. The first-order valence-electron chi connectivity index (χ1n) is 5.85. The maximum atomic E-state index is 5.44. The van der Waals surface area contributed by atoms with E-state index >= 15 is 0 Å². The summed E-state index contributed by atoms with van der Waals surface area (Å²) in [6.45, 7) is 12.8. The first kappa shape index (κ1) is 13.9. The van der Waals surface area contributed by atoms with E-state index in [-0.39, 0.29) is 0 Å². The van der Waals surface area contributed by atoms with E-state index in [2.05, 4.69) is 33.0 Å². The molecule has 2 nitrogen and oxygen atoms in total. The topological polar surface area (TPSA) is 21.3 Å². The standard InChI is InChI=1S/C12H27NO/c1-5-6-10-14-11-9-13-8-7-12(2,3)4/h13H,5-11H2,1-4H3. The van der Waals surface area contributed by atoms with Crippen LogP contribution in [0.4, 0.5) is 0 Å². The van der Waals surface area contributed by atoms with Gasteiger partial charge in [0.1, 0.15) is 0 Å². The zero-order valence-corrected chi connectivity index (χ0v) is 10.4. The molecule has 0 spiro atoms. The summed E-state index contributed by atoms with van der Waals surface area (Å²) in [4.78, 5) is 0. The highest BCUT2D eigenvalue weighted by atomic mass is 16.5. The predicted octanol–water partition coefficient (Wildman–Crippen LogP) is 2.83. The van der Waals surface area contributed by atoms with Crippen LogP contribution in [0.15, 0.2) is 0 Å². The Morgan fingerprint density at radius 2 is 1.79 bits per heavy atom. The van der Waals surface area contributed by atoms with Crippen LogP contribution in [0.3, 0.4) is 0 Å². The Morgan fingerprint density at radius 1 is 1.07 bits per heavy atom. The van der Waals surface area contributed by atoms with Crippen molar-refractivity contribution in [3.05, 3.63) is 0 Å². The highest BCUT2D eigenvalue weighted by molar-refractivity contribution is 4.62. The van der Waals surface area contributed by atoms with Crippen molar-refractivity contribution < 1.29 is 4.74 Å². The molecule has 0 aromatic rings. The number of rotatable bonds is 8. The lowest BCUT2D eigenvalue weighted by atomic mass is 9.92. The number of unbranched alkanes of at least 4 members (excludes halogenated alkanes) is 1. The largest absolute Gasteiger partial charge is 0.380 e. The summed E-state index contributed by atoms with van der Waals surface area (Å²) in [6.07, 6.45) is 3.63. The summed E-state index contributed by atoms with van der Waals surface area (Å²) in [5.41, 5.74) is 0.441. The van der Waals surface area contributed by atoms with Crippen molar-refractivity contribution in [3.63, 3.8) is 0 Å². The Balaban J connectivity index is 2.99. The fraction of sp³-hybridized carbons (Fsp3) is 1.00. The zero-order chi connectivity index (χ0) is 10.9. The summed E-state index contributed by atoms with van der Waals surface area (Å²) in [5, 5.41) is 3.39. The van der Waals surface area contributed by atoms with E-state index in [1.807, 2.05) is 0 Å². The maximum Gasteiger partial charge on any atom is 0.0590 e. The average Bonchev–Trinajstić information content (AvgIpc) is 2.08. The van der Waals surface area contributed by atoms with E-state index in [0.29, 0.717) is 5.41 Å². The third-order valence-electron chi connectivity index (χ3n) is 2.12. The predicted molar refractivity (Wildman–Crippen MR) is 62.7 cm³/mol. The molecule has 0 saturated heterocycles. The summed E-state index contributed by atoms with van der Waals surface area (Å²) >= 11 is 0. The van der Waals surface area contributed by atoms with Gasteiger partial charge in [-0.1, -0.05) is 34.1 Å². The lowest BCUT2D eigenvalue weighted by Crippen LogP contribution is -2.24. The van der Waals surface area contributed by atoms with E-state index in [4.69, 9.17) is 4.74 Å². The van der Waals surface area contributed by atoms with Gasteiger partial charge in [-0.3, -0.25) is 0 Å². The van der Waals surface area contributed by atoms with Gasteiger partial charge in [-0.2, -0.15) is 0 Å². The first-order chi connectivity index (χ1) is 6.56. The molecular weight excluding hydrogens is 174 g/mol. The van der Waals surface area contributed by atoms with E-state index in [9.17, 15) is 0 Å².